The summed E-state index contributed by atoms with van der Waals surface area (Å²) in [6.07, 6.45) is 2.73. The van der Waals surface area contributed by atoms with E-state index in [1.165, 1.54) is 12.8 Å². The van der Waals surface area contributed by atoms with Crippen molar-refractivity contribution in [2.24, 2.45) is 7.05 Å². The summed E-state index contributed by atoms with van der Waals surface area (Å²) < 4.78 is 8.63. The number of hydrogen-bond donors (Lipinski definition) is 0. The van der Waals surface area contributed by atoms with Crippen molar-refractivity contribution < 1.29 is 9.53 Å². The third-order valence-corrected chi connectivity index (χ3v) is 6.20. The summed E-state index contributed by atoms with van der Waals surface area (Å²) in [5, 5.41) is 1.09. The topological polar surface area (TPSA) is 37.7 Å². The van der Waals surface area contributed by atoms with E-state index in [1.807, 2.05) is 28.6 Å². The molecule has 0 spiro atoms. The highest BCUT2D eigenvalue weighted by Gasteiger charge is 2.28. The molecular weight excluding hydrogens is 382 g/mol. The summed E-state index contributed by atoms with van der Waals surface area (Å²) in [6, 6.07) is 8.12. The molecule has 2 aliphatic rings. The summed E-state index contributed by atoms with van der Waals surface area (Å²) in [5.74, 6) is 0.113. The highest BCUT2D eigenvalue weighted by Crippen LogP contribution is 2.31. The van der Waals surface area contributed by atoms with Crippen LogP contribution in [0.25, 0.3) is 10.9 Å². The van der Waals surface area contributed by atoms with Gasteiger partial charge in [-0.25, -0.2) is 0 Å². The average Bonchev–Trinajstić information content (AvgIpc) is 3.23. The van der Waals surface area contributed by atoms with E-state index >= 15 is 0 Å². The first kappa shape index (κ1) is 17.1. The Bertz CT molecular complexity index is 735. The molecular formula is C19H24BrN3O2. The Morgan fingerprint density at radius 3 is 2.68 bits per heavy atom. The van der Waals surface area contributed by atoms with E-state index in [1.54, 1.807) is 0 Å². The zero-order chi connectivity index (χ0) is 17.4. The smallest absolute Gasteiger partial charge is 0.271 e. The fourth-order valence-corrected chi connectivity index (χ4v) is 4.71. The first-order valence-corrected chi connectivity index (χ1v) is 9.80. The Labute approximate surface area is 156 Å². The molecule has 4 rings (SSSR count). The van der Waals surface area contributed by atoms with Gasteiger partial charge >= 0.3 is 0 Å². The van der Waals surface area contributed by atoms with Gasteiger partial charge in [-0.2, -0.15) is 0 Å². The number of hydrogen-bond acceptors (Lipinski definition) is 3. The number of para-hydroxylation sites is 1. The molecule has 0 saturated carbocycles. The van der Waals surface area contributed by atoms with Crippen molar-refractivity contribution in [3.05, 3.63) is 34.4 Å². The van der Waals surface area contributed by atoms with Crippen molar-refractivity contribution in [2.75, 3.05) is 39.3 Å². The molecule has 1 unspecified atom stereocenters. The maximum Gasteiger partial charge on any atom is 0.271 e. The Morgan fingerprint density at radius 1 is 1.24 bits per heavy atom. The van der Waals surface area contributed by atoms with Crippen LogP contribution in [-0.2, 0) is 11.8 Å². The lowest BCUT2D eigenvalue weighted by atomic mass is 10.2. The Kier molecular flexibility index (Phi) is 4.84. The molecule has 1 amide bonds. The molecule has 2 fully saturated rings. The minimum Gasteiger partial charge on any atom is -0.377 e. The molecule has 2 aromatic rings. The molecule has 5 nitrogen and oxygen atoms in total. The van der Waals surface area contributed by atoms with E-state index in [0.29, 0.717) is 6.10 Å². The summed E-state index contributed by atoms with van der Waals surface area (Å²) >= 11 is 3.64. The van der Waals surface area contributed by atoms with Gasteiger partial charge in [0, 0.05) is 57.3 Å². The maximum absolute atomic E-state index is 13.1. The molecule has 1 atom stereocenters. The molecule has 1 aromatic heterocycles. The van der Waals surface area contributed by atoms with Crippen LogP contribution in [0.5, 0.6) is 0 Å². The number of ether oxygens (including phenoxy) is 1. The largest absolute Gasteiger partial charge is 0.377 e. The van der Waals surface area contributed by atoms with Crippen LogP contribution in [0.3, 0.4) is 0 Å². The second-order valence-electron chi connectivity index (χ2n) is 6.97. The Morgan fingerprint density at radius 2 is 2.00 bits per heavy atom. The van der Waals surface area contributed by atoms with Gasteiger partial charge in [-0.15, -0.1) is 0 Å². The van der Waals surface area contributed by atoms with Gasteiger partial charge in [0.2, 0.25) is 0 Å². The highest BCUT2D eigenvalue weighted by atomic mass is 79.9. The van der Waals surface area contributed by atoms with Gasteiger partial charge in [0.05, 0.1) is 10.6 Å². The molecule has 0 radical (unpaired) electrons. The maximum atomic E-state index is 13.1. The summed E-state index contributed by atoms with van der Waals surface area (Å²) in [6.45, 7) is 5.30. The van der Waals surface area contributed by atoms with Gasteiger partial charge in [-0.1, -0.05) is 18.2 Å². The molecule has 134 valence electrons. The number of halogens is 1. The third kappa shape index (κ3) is 3.23. The summed E-state index contributed by atoms with van der Waals surface area (Å²) in [7, 11) is 1.97. The van der Waals surface area contributed by atoms with E-state index in [9.17, 15) is 4.79 Å². The van der Waals surface area contributed by atoms with Gasteiger partial charge in [0.1, 0.15) is 5.69 Å². The number of aromatic nitrogens is 1. The summed E-state index contributed by atoms with van der Waals surface area (Å²) in [4.78, 5) is 17.5. The van der Waals surface area contributed by atoms with E-state index in [0.717, 1.165) is 60.4 Å². The van der Waals surface area contributed by atoms with Gasteiger partial charge < -0.3 is 14.2 Å². The minimum absolute atomic E-state index is 0.113. The highest BCUT2D eigenvalue weighted by molar-refractivity contribution is 9.10. The molecule has 0 N–H and O–H groups in total. The number of rotatable bonds is 3. The number of carbonyl (C=O) groups excluding carboxylic acids is 1. The zero-order valence-electron chi connectivity index (χ0n) is 14.6. The monoisotopic (exact) mass is 405 g/mol. The van der Waals surface area contributed by atoms with Crippen molar-refractivity contribution in [3.8, 4) is 0 Å². The van der Waals surface area contributed by atoms with Crippen LogP contribution in [0.2, 0.25) is 0 Å². The fourth-order valence-electron chi connectivity index (χ4n) is 3.94. The van der Waals surface area contributed by atoms with Crippen LogP contribution in [0, 0.1) is 0 Å². The number of benzene rings is 1. The zero-order valence-corrected chi connectivity index (χ0v) is 16.2. The van der Waals surface area contributed by atoms with Crippen LogP contribution in [0.4, 0.5) is 0 Å². The van der Waals surface area contributed by atoms with E-state index < -0.39 is 0 Å². The van der Waals surface area contributed by atoms with Crippen molar-refractivity contribution in [1.29, 1.82) is 0 Å². The number of fused-ring (bicyclic) bond motifs is 1. The van der Waals surface area contributed by atoms with Gasteiger partial charge in [-0.3, -0.25) is 9.69 Å². The van der Waals surface area contributed by atoms with Crippen molar-refractivity contribution in [1.82, 2.24) is 14.4 Å². The van der Waals surface area contributed by atoms with Gasteiger partial charge in [0.15, 0.2) is 0 Å². The molecule has 1 aromatic carbocycles. The first-order chi connectivity index (χ1) is 12.1. The lowest BCUT2D eigenvalue weighted by molar-refractivity contribution is 0.0428. The van der Waals surface area contributed by atoms with Gasteiger partial charge in [0.25, 0.3) is 5.91 Å². The van der Waals surface area contributed by atoms with Crippen molar-refractivity contribution in [3.63, 3.8) is 0 Å². The van der Waals surface area contributed by atoms with E-state index in [2.05, 4.69) is 33.0 Å². The average molecular weight is 406 g/mol. The Hall–Kier alpha value is -1.37. The van der Waals surface area contributed by atoms with Crippen molar-refractivity contribution in [2.45, 2.75) is 18.9 Å². The standard InChI is InChI=1S/C19H24BrN3O2/c1-21-16-7-3-2-6-15(16)17(20)18(21)19(24)23-10-8-22(9-11-23)13-14-5-4-12-25-14/h2-3,6-7,14H,4-5,8-13H2,1H3. The SMILES string of the molecule is Cn1c(C(=O)N2CCN(CC3CCCO3)CC2)c(Br)c2ccccc21. The molecule has 6 heteroatoms. The molecule has 3 heterocycles. The third-order valence-electron chi connectivity index (χ3n) is 5.39. The molecule has 0 aliphatic carbocycles. The predicted octanol–water partition coefficient (Wildman–Crippen LogP) is 2.88. The fraction of sp³-hybridized carbons (Fsp3) is 0.526. The van der Waals surface area contributed by atoms with Crippen LogP contribution < -0.4 is 0 Å². The lowest BCUT2D eigenvalue weighted by Crippen LogP contribution is -2.50. The molecule has 2 saturated heterocycles. The number of nitrogens with zero attached hydrogens (tertiary/aromatic N) is 3. The second-order valence-corrected chi connectivity index (χ2v) is 7.76. The number of aryl methyl sites for hydroxylation is 1. The van der Waals surface area contributed by atoms with Crippen molar-refractivity contribution >= 4 is 32.7 Å². The van der Waals surface area contributed by atoms with E-state index in [-0.39, 0.29) is 5.91 Å². The lowest BCUT2D eigenvalue weighted by Gasteiger charge is -2.35. The second kappa shape index (κ2) is 7.09. The summed E-state index contributed by atoms with van der Waals surface area (Å²) in [5.41, 5.74) is 1.82. The normalized spacial score (nSPS) is 22.0. The van der Waals surface area contributed by atoms with Crippen LogP contribution in [0.15, 0.2) is 28.7 Å². The number of carbonyl (C=O) groups is 1. The molecule has 25 heavy (non-hydrogen) atoms. The van der Waals surface area contributed by atoms with Gasteiger partial charge in [-0.05, 0) is 34.8 Å². The minimum atomic E-state index is 0.113. The van der Waals surface area contributed by atoms with E-state index in [4.69, 9.17) is 4.74 Å². The first-order valence-electron chi connectivity index (χ1n) is 9.01. The quantitative estimate of drug-likeness (QED) is 0.787. The van der Waals surface area contributed by atoms with Crippen LogP contribution >= 0.6 is 15.9 Å². The van der Waals surface area contributed by atoms with Crippen LogP contribution in [-0.4, -0.2) is 65.7 Å². The number of piperazine rings is 1. The predicted molar refractivity (Wildman–Crippen MR) is 102 cm³/mol. The number of amides is 1. The molecule has 2 aliphatic heterocycles. The Balaban J connectivity index is 1.45. The molecule has 0 bridgehead atoms. The van der Waals surface area contributed by atoms with Crippen LogP contribution in [0.1, 0.15) is 23.3 Å².